The van der Waals surface area contributed by atoms with Crippen molar-refractivity contribution in [2.24, 2.45) is 0 Å². The Bertz CT molecular complexity index is 893. The minimum Gasteiger partial charge on any atom is -0.348 e. The molecule has 0 spiro atoms. The van der Waals surface area contributed by atoms with Crippen molar-refractivity contribution >= 4 is 17.7 Å². The van der Waals surface area contributed by atoms with Gasteiger partial charge in [0.2, 0.25) is 0 Å². The van der Waals surface area contributed by atoms with Crippen LogP contribution in [0.1, 0.15) is 27.0 Å². The van der Waals surface area contributed by atoms with Gasteiger partial charge in [-0.3, -0.25) is 4.79 Å². The Morgan fingerprint density at radius 3 is 2.42 bits per heavy atom. The maximum Gasteiger partial charge on any atom is 0.252 e. The monoisotopic (exact) mass is 365 g/mol. The molecule has 0 bridgehead atoms. The number of halogens is 1. The van der Waals surface area contributed by atoms with Gasteiger partial charge in [0, 0.05) is 17.2 Å². The molecular weight excluding hydrogens is 345 g/mol. The molecule has 1 amide bonds. The number of thioether (sulfide) groups is 1. The summed E-state index contributed by atoms with van der Waals surface area (Å²) in [7, 11) is 0. The minimum absolute atomic E-state index is 0.123. The topological polar surface area (TPSA) is 29.1 Å². The molecule has 1 N–H and O–H groups in total. The van der Waals surface area contributed by atoms with E-state index in [9.17, 15) is 9.18 Å². The van der Waals surface area contributed by atoms with E-state index in [2.05, 4.69) is 5.32 Å². The summed E-state index contributed by atoms with van der Waals surface area (Å²) in [6, 6.07) is 22.2. The van der Waals surface area contributed by atoms with E-state index in [4.69, 9.17) is 0 Å². The summed E-state index contributed by atoms with van der Waals surface area (Å²) in [5, 5.41) is 2.96. The van der Waals surface area contributed by atoms with Crippen molar-refractivity contribution < 1.29 is 9.18 Å². The average molecular weight is 365 g/mol. The molecule has 3 rings (SSSR count). The lowest BCUT2D eigenvalue weighted by atomic mass is 10.1. The zero-order chi connectivity index (χ0) is 18.4. The predicted octanol–water partition coefficient (Wildman–Crippen LogP) is 5.36. The Kier molecular flexibility index (Phi) is 6.08. The summed E-state index contributed by atoms with van der Waals surface area (Å²) in [6.45, 7) is 2.51. The lowest BCUT2D eigenvalue weighted by Crippen LogP contribution is -2.23. The van der Waals surface area contributed by atoms with E-state index in [1.54, 1.807) is 18.2 Å². The SMILES string of the molecule is Cc1ccc(CNC(=O)c2ccccc2SCc2ccccc2F)cc1. The normalized spacial score (nSPS) is 10.5. The number of carbonyl (C=O) groups is 1. The van der Waals surface area contributed by atoms with Crippen LogP contribution in [0, 0.1) is 12.7 Å². The van der Waals surface area contributed by atoms with Crippen LogP contribution in [0.25, 0.3) is 0 Å². The smallest absolute Gasteiger partial charge is 0.252 e. The highest BCUT2D eigenvalue weighted by molar-refractivity contribution is 7.98. The molecule has 2 nitrogen and oxygen atoms in total. The fourth-order valence-corrected chi connectivity index (χ4v) is 3.57. The molecule has 0 saturated carbocycles. The van der Waals surface area contributed by atoms with Gasteiger partial charge in [0.15, 0.2) is 0 Å². The van der Waals surface area contributed by atoms with Crippen LogP contribution in [-0.4, -0.2) is 5.91 Å². The number of hydrogen-bond acceptors (Lipinski definition) is 2. The Hall–Kier alpha value is -2.59. The van der Waals surface area contributed by atoms with Gasteiger partial charge >= 0.3 is 0 Å². The summed E-state index contributed by atoms with van der Waals surface area (Å²) in [5.74, 6) is 0.137. The first-order valence-corrected chi connectivity index (χ1v) is 9.41. The van der Waals surface area contributed by atoms with E-state index in [1.807, 2.05) is 55.5 Å². The molecule has 0 aliphatic heterocycles. The van der Waals surface area contributed by atoms with Gasteiger partial charge in [-0.1, -0.05) is 60.2 Å². The molecule has 3 aromatic rings. The summed E-state index contributed by atoms with van der Waals surface area (Å²) in [5.41, 5.74) is 3.49. The number of carbonyl (C=O) groups excluding carboxylic acids is 1. The van der Waals surface area contributed by atoms with Crippen molar-refractivity contribution in [3.05, 3.63) is 101 Å². The number of benzene rings is 3. The van der Waals surface area contributed by atoms with Crippen molar-refractivity contribution in [1.82, 2.24) is 5.32 Å². The fraction of sp³-hybridized carbons (Fsp3) is 0.136. The average Bonchev–Trinajstić information content (AvgIpc) is 2.67. The molecule has 0 saturated heterocycles. The molecule has 0 fully saturated rings. The van der Waals surface area contributed by atoms with E-state index in [-0.39, 0.29) is 11.7 Å². The third-order valence-electron chi connectivity index (χ3n) is 4.05. The summed E-state index contributed by atoms with van der Waals surface area (Å²) < 4.78 is 13.8. The van der Waals surface area contributed by atoms with Crippen LogP contribution in [0.15, 0.2) is 77.7 Å². The van der Waals surface area contributed by atoms with E-state index in [1.165, 1.54) is 23.4 Å². The first-order chi connectivity index (χ1) is 12.6. The van der Waals surface area contributed by atoms with Gasteiger partial charge < -0.3 is 5.32 Å². The number of aryl methyl sites for hydroxylation is 1. The van der Waals surface area contributed by atoms with Gasteiger partial charge in [-0.15, -0.1) is 11.8 Å². The van der Waals surface area contributed by atoms with Gasteiger partial charge in [-0.2, -0.15) is 0 Å². The van der Waals surface area contributed by atoms with Crippen LogP contribution in [0.3, 0.4) is 0 Å². The molecule has 3 aromatic carbocycles. The number of hydrogen-bond donors (Lipinski definition) is 1. The first-order valence-electron chi connectivity index (χ1n) is 8.42. The zero-order valence-electron chi connectivity index (χ0n) is 14.5. The van der Waals surface area contributed by atoms with Gasteiger partial charge in [0.25, 0.3) is 5.91 Å². The highest BCUT2D eigenvalue weighted by Gasteiger charge is 2.12. The maximum atomic E-state index is 13.8. The van der Waals surface area contributed by atoms with Crippen LogP contribution >= 0.6 is 11.8 Å². The summed E-state index contributed by atoms with van der Waals surface area (Å²) >= 11 is 1.47. The second-order valence-corrected chi connectivity index (χ2v) is 7.06. The molecule has 4 heteroatoms. The van der Waals surface area contributed by atoms with Gasteiger partial charge in [-0.05, 0) is 36.2 Å². The molecule has 26 heavy (non-hydrogen) atoms. The second kappa shape index (κ2) is 8.68. The first kappa shape index (κ1) is 18.2. The van der Waals surface area contributed by atoms with Crippen molar-refractivity contribution in [3.63, 3.8) is 0 Å². The van der Waals surface area contributed by atoms with Crippen molar-refractivity contribution in [2.75, 3.05) is 0 Å². The van der Waals surface area contributed by atoms with Crippen molar-refractivity contribution in [1.29, 1.82) is 0 Å². The Morgan fingerprint density at radius 2 is 1.65 bits per heavy atom. The molecule has 0 unspecified atom stereocenters. The fourth-order valence-electron chi connectivity index (χ4n) is 2.53. The second-order valence-electron chi connectivity index (χ2n) is 6.04. The number of amides is 1. The molecule has 0 aromatic heterocycles. The van der Waals surface area contributed by atoms with Crippen LogP contribution < -0.4 is 5.32 Å². The molecule has 132 valence electrons. The number of rotatable bonds is 6. The van der Waals surface area contributed by atoms with E-state index in [0.29, 0.717) is 23.4 Å². The molecule has 0 heterocycles. The molecule has 0 aliphatic rings. The number of nitrogens with one attached hydrogen (secondary N) is 1. The van der Waals surface area contributed by atoms with Crippen molar-refractivity contribution in [2.45, 2.75) is 24.1 Å². The maximum absolute atomic E-state index is 13.8. The predicted molar refractivity (Wildman–Crippen MR) is 105 cm³/mol. The van der Waals surface area contributed by atoms with Crippen LogP contribution in [0.5, 0.6) is 0 Å². The van der Waals surface area contributed by atoms with E-state index >= 15 is 0 Å². The summed E-state index contributed by atoms with van der Waals surface area (Å²) in [6.07, 6.45) is 0. The Balaban J connectivity index is 1.67. The molecular formula is C22H20FNOS. The highest BCUT2D eigenvalue weighted by atomic mass is 32.2. The standard InChI is InChI=1S/C22H20FNOS/c1-16-10-12-17(13-11-16)14-24-22(25)19-7-3-5-9-21(19)26-15-18-6-2-4-8-20(18)23/h2-13H,14-15H2,1H3,(H,24,25). The lowest BCUT2D eigenvalue weighted by molar-refractivity contribution is 0.0948. The van der Waals surface area contributed by atoms with Crippen LogP contribution in [0.2, 0.25) is 0 Å². The third-order valence-corrected chi connectivity index (χ3v) is 5.17. The molecule has 0 atom stereocenters. The lowest BCUT2D eigenvalue weighted by Gasteiger charge is -2.10. The van der Waals surface area contributed by atoms with E-state index in [0.717, 1.165) is 10.5 Å². The van der Waals surface area contributed by atoms with Gasteiger partial charge in [-0.25, -0.2) is 4.39 Å². The zero-order valence-corrected chi connectivity index (χ0v) is 15.4. The van der Waals surface area contributed by atoms with Crippen LogP contribution in [0.4, 0.5) is 4.39 Å². The minimum atomic E-state index is -0.221. The summed E-state index contributed by atoms with van der Waals surface area (Å²) in [4.78, 5) is 13.4. The van der Waals surface area contributed by atoms with Crippen LogP contribution in [-0.2, 0) is 12.3 Å². The van der Waals surface area contributed by atoms with E-state index < -0.39 is 0 Å². The van der Waals surface area contributed by atoms with Gasteiger partial charge in [0.1, 0.15) is 5.82 Å². The molecule has 0 radical (unpaired) electrons. The Morgan fingerprint density at radius 1 is 0.962 bits per heavy atom. The highest BCUT2D eigenvalue weighted by Crippen LogP contribution is 2.27. The Labute approximate surface area is 157 Å². The third kappa shape index (κ3) is 4.73. The quantitative estimate of drug-likeness (QED) is 0.596. The van der Waals surface area contributed by atoms with Crippen molar-refractivity contribution in [3.8, 4) is 0 Å². The molecule has 0 aliphatic carbocycles. The largest absolute Gasteiger partial charge is 0.348 e. The van der Waals surface area contributed by atoms with Gasteiger partial charge in [0.05, 0.1) is 5.56 Å².